The fourth-order valence-electron chi connectivity index (χ4n) is 3.79. The summed E-state index contributed by atoms with van der Waals surface area (Å²) in [6.07, 6.45) is 5.91. The molecule has 1 heterocycles. The van der Waals surface area contributed by atoms with Crippen molar-refractivity contribution in [2.24, 2.45) is 0 Å². The van der Waals surface area contributed by atoms with Crippen LogP contribution in [-0.2, 0) is 14.2 Å². The van der Waals surface area contributed by atoms with Gasteiger partial charge in [0.2, 0.25) is 0 Å². The molecule has 32 heavy (non-hydrogen) atoms. The van der Waals surface area contributed by atoms with Gasteiger partial charge in [0, 0.05) is 14.2 Å². The Morgan fingerprint density at radius 3 is 2.34 bits per heavy atom. The van der Waals surface area contributed by atoms with Crippen molar-refractivity contribution in [1.82, 2.24) is 9.55 Å². The highest BCUT2D eigenvalue weighted by atomic mass is 19.1. The van der Waals surface area contributed by atoms with Crippen LogP contribution in [0, 0.1) is 5.82 Å². The van der Waals surface area contributed by atoms with Crippen molar-refractivity contribution in [3.05, 3.63) is 94.0 Å². The summed E-state index contributed by atoms with van der Waals surface area (Å²) in [7, 11) is 4.67. The summed E-state index contributed by atoms with van der Waals surface area (Å²) in [5.41, 5.74) is 1.70. The second-order valence-electron chi connectivity index (χ2n) is 7.19. The first kappa shape index (κ1) is 21.7. The van der Waals surface area contributed by atoms with Crippen molar-refractivity contribution in [3.63, 3.8) is 0 Å². The first-order chi connectivity index (χ1) is 15.6. The lowest BCUT2D eigenvalue weighted by atomic mass is 10.0. The van der Waals surface area contributed by atoms with Crippen LogP contribution in [0.1, 0.15) is 11.4 Å². The first-order valence-corrected chi connectivity index (χ1v) is 10.0. The van der Waals surface area contributed by atoms with Gasteiger partial charge in [0.1, 0.15) is 29.6 Å². The van der Waals surface area contributed by atoms with E-state index in [2.05, 4.69) is 0 Å². The molecule has 1 aliphatic rings. The number of fused-ring (bicyclic) bond motifs is 1. The van der Waals surface area contributed by atoms with Gasteiger partial charge in [-0.15, -0.1) is 0 Å². The monoisotopic (exact) mass is 434 g/mol. The van der Waals surface area contributed by atoms with Crippen molar-refractivity contribution in [2.45, 2.75) is 12.2 Å². The minimum atomic E-state index is -0.599. The molecule has 6 nitrogen and oxygen atoms in total. The topological polar surface area (TPSA) is 62.6 Å². The Bertz CT molecular complexity index is 1280. The van der Waals surface area contributed by atoms with E-state index in [0.29, 0.717) is 28.2 Å². The van der Waals surface area contributed by atoms with Crippen LogP contribution >= 0.6 is 0 Å². The molecule has 7 heteroatoms. The fourth-order valence-corrected chi connectivity index (χ4v) is 3.79. The molecule has 0 spiro atoms. The quantitative estimate of drug-likeness (QED) is 0.584. The molecule has 2 aromatic carbocycles. The van der Waals surface area contributed by atoms with Crippen molar-refractivity contribution < 1.29 is 18.6 Å². The van der Waals surface area contributed by atoms with E-state index in [1.165, 1.54) is 16.7 Å². The summed E-state index contributed by atoms with van der Waals surface area (Å²) < 4.78 is 31.5. The highest BCUT2D eigenvalue weighted by Crippen LogP contribution is 2.29. The fraction of sp³-hybridized carbons (Fsp3) is 0.200. The van der Waals surface area contributed by atoms with Gasteiger partial charge in [0.25, 0.3) is 5.56 Å². The van der Waals surface area contributed by atoms with Crippen molar-refractivity contribution in [3.8, 4) is 0 Å². The van der Waals surface area contributed by atoms with Crippen molar-refractivity contribution in [1.29, 1.82) is 0 Å². The third kappa shape index (κ3) is 4.00. The summed E-state index contributed by atoms with van der Waals surface area (Å²) >= 11 is 0. The van der Waals surface area contributed by atoms with Gasteiger partial charge in [0.05, 0.1) is 23.7 Å². The molecule has 2 atom stereocenters. The Balaban J connectivity index is 1.93. The number of halogens is 1. The Morgan fingerprint density at radius 1 is 0.938 bits per heavy atom. The highest BCUT2D eigenvalue weighted by Gasteiger charge is 2.34. The lowest BCUT2D eigenvalue weighted by Gasteiger charge is -2.31. The van der Waals surface area contributed by atoms with Gasteiger partial charge in [-0.1, -0.05) is 30.3 Å². The molecule has 1 aromatic heterocycles. The van der Waals surface area contributed by atoms with Crippen LogP contribution in [0.4, 0.5) is 4.39 Å². The minimum Gasteiger partial charge on any atom is -0.498 e. The molecule has 1 aliphatic carbocycles. The normalized spacial score (nSPS) is 18.6. The van der Waals surface area contributed by atoms with E-state index in [-0.39, 0.29) is 11.4 Å². The summed E-state index contributed by atoms with van der Waals surface area (Å²) in [5.74, 6) is 0.688. The number of methoxy groups -OCH3 is 3. The maximum atomic E-state index is 13.6. The zero-order chi connectivity index (χ0) is 22.7. The molecule has 0 aliphatic heterocycles. The number of rotatable bonds is 6. The largest absolute Gasteiger partial charge is 0.498 e. The van der Waals surface area contributed by atoms with Gasteiger partial charge in [-0.25, -0.2) is 9.37 Å². The Hall–Kier alpha value is -3.55. The number of allylic oxidation sites excluding steroid dienone is 2. The van der Waals surface area contributed by atoms with E-state index < -0.39 is 12.2 Å². The van der Waals surface area contributed by atoms with E-state index in [9.17, 15) is 9.18 Å². The lowest BCUT2D eigenvalue weighted by molar-refractivity contribution is -0.0159. The molecule has 164 valence electrons. The third-order valence-electron chi connectivity index (χ3n) is 5.36. The number of hydrogen-bond donors (Lipinski definition) is 0. The standard InChI is InChI=1S/C25H23FN2O4/c1-30-21-14-13-20(23(31-2)24(21)32-3)28-22(15-10-16-8-11-17(26)12-9-16)27-19-7-5-4-6-18(19)25(28)29/h4-15,23-24H,1-3H3/b15-10+. The molecule has 3 aromatic rings. The Kier molecular flexibility index (Phi) is 6.30. The molecule has 0 saturated carbocycles. The number of ether oxygens (including phenoxy) is 3. The molecule has 0 amide bonds. The smallest absolute Gasteiger partial charge is 0.266 e. The van der Waals surface area contributed by atoms with Crippen molar-refractivity contribution in [2.75, 3.05) is 21.3 Å². The summed E-state index contributed by atoms with van der Waals surface area (Å²) in [5, 5.41) is 0.484. The van der Waals surface area contributed by atoms with Gasteiger partial charge in [-0.05, 0) is 48.1 Å². The number of nitrogens with zero attached hydrogens (tertiary/aromatic N) is 2. The predicted octanol–water partition coefficient (Wildman–Crippen LogP) is 4.12. The van der Waals surface area contributed by atoms with Crippen LogP contribution in [0.3, 0.4) is 0 Å². The predicted molar refractivity (Wildman–Crippen MR) is 122 cm³/mol. The molecular weight excluding hydrogens is 411 g/mol. The number of hydrogen-bond acceptors (Lipinski definition) is 5. The van der Waals surface area contributed by atoms with Gasteiger partial charge in [-0.2, -0.15) is 0 Å². The maximum Gasteiger partial charge on any atom is 0.266 e. The molecular formula is C25H23FN2O4. The van der Waals surface area contributed by atoms with Gasteiger partial charge in [0.15, 0.2) is 0 Å². The first-order valence-electron chi connectivity index (χ1n) is 10.0. The summed E-state index contributed by atoms with van der Waals surface area (Å²) in [6, 6.07) is 13.2. The molecule has 0 radical (unpaired) electrons. The second-order valence-corrected chi connectivity index (χ2v) is 7.19. The van der Waals surface area contributed by atoms with Crippen LogP contribution in [-0.4, -0.2) is 43.1 Å². The molecule has 0 bridgehead atoms. The van der Waals surface area contributed by atoms with E-state index in [1.807, 2.05) is 6.07 Å². The van der Waals surface area contributed by atoms with Crippen LogP contribution < -0.4 is 5.56 Å². The van der Waals surface area contributed by atoms with Crippen LogP contribution in [0.15, 0.2) is 71.2 Å². The van der Waals surface area contributed by atoms with Crippen LogP contribution in [0.5, 0.6) is 0 Å². The molecule has 0 fully saturated rings. The highest BCUT2D eigenvalue weighted by molar-refractivity contribution is 5.81. The third-order valence-corrected chi connectivity index (χ3v) is 5.36. The lowest BCUT2D eigenvalue weighted by Crippen LogP contribution is -2.40. The summed E-state index contributed by atoms with van der Waals surface area (Å²) in [4.78, 5) is 18.3. The van der Waals surface area contributed by atoms with Crippen LogP contribution in [0.25, 0.3) is 28.8 Å². The maximum absolute atomic E-state index is 13.6. The van der Waals surface area contributed by atoms with E-state index in [0.717, 1.165) is 5.56 Å². The number of aromatic nitrogens is 2. The SMILES string of the molecule is COC1=CC=C(n2c(/C=C/c3ccc(F)cc3)nc3ccccc3c2=O)C(OC)C1OC. The molecule has 0 N–H and O–H groups in total. The van der Waals surface area contributed by atoms with Crippen LogP contribution in [0.2, 0.25) is 0 Å². The average Bonchev–Trinajstić information content (AvgIpc) is 2.83. The Labute approximate surface area is 184 Å². The second kappa shape index (κ2) is 9.30. The van der Waals surface area contributed by atoms with Gasteiger partial charge in [-0.3, -0.25) is 9.36 Å². The zero-order valence-electron chi connectivity index (χ0n) is 18.0. The van der Waals surface area contributed by atoms with E-state index in [1.54, 1.807) is 76.0 Å². The molecule has 2 unspecified atom stereocenters. The zero-order valence-corrected chi connectivity index (χ0v) is 18.0. The molecule has 4 rings (SSSR count). The van der Waals surface area contributed by atoms with Crippen molar-refractivity contribution >= 4 is 28.8 Å². The number of para-hydroxylation sites is 1. The van der Waals surface area contributed by atoms with Gasteiger partial charge < -0.3 is 14.2 Å². The average molecular weight is 434 g/mol. The van der Waals surface area contributed by atoms with E-state index >= 15 is 0 Å². The van der Waals surface area contributed by atoms with Gasteiger partial charge >= 0.3 is 0 Å². The Morgan fingerprint density at radius 2 is 1.66 bits per heavy atom. The summed E-state index contributed by atoms with van der Waals surface area (Å²) in [6.45, 7) is 0. The minimum absolute atomic E-state index is 0.230. The number of benzene rings is 2. The van der Waals surface area contributed by atoms with E-state index in [4.69, 9.17) is 19.2 Å². The molecule has 0 saturated heterocycles.